The van der Waals surface area contributed by atoms with Crippen LogP contribution in [-0.4, -0.2) is 16.8 Å². The molecule has 152 valence electrons. The molecule has 0 heterocycles. The smallest absolute Gasteiger partial charge is 0.261 e. The van der Waals surface area contributed by atoms with Crippen molar-refractivity contribution < 1.29 is 16.8 Å². The molecule has 29 heavy (non-hydrogen) atoms. The molecule has 0 saturated carbocycles. The molecule has 0 radical (unpaired) electrons. The van der Waals surface area contributed by atoms with Crippen molar-refractivity contribution in [1.29, 1.82) is 0 Å². The predicted octanol–water partition coefficient (Wildman–Crippen LogP) is 4.67. The minimum atomic E-state index is -3.80. The number of anilines is 2. The predicted molar refractivity (Wildman–Crippen MR) is 118 cm³/mol. The van der Waals surface area contributed by atoms with Gasteiger partial charge in [-0.05, 0) is 74.0 Å². The van der Waals surface area contributed by atoms with Gasteiger partial charge in [-0.25, -0.2) is 16.8 Å². The summed E-state index contributed by atoms with van der Waals surface area (Å²) in [6, 6.07) is 17.1. The van der Waals surface area contributed by atoms with Crippen molar-refractivity contribution in [2.45, 2.75) is 23.6 Å². The molecule has 2 N–H and O–H groups in total. The SMILES string of the molecule is Cc1ccc(NS(=O)(=O)c2ccc(NS(=O)(=O)c3ccc(Br)cc3)cc2)c(C)c1. The Morgan fingerprint density at radius 3 is 1.76 bits per heavy atom. The lowest BCUT2D eigenvalue weighted by Crippen LogP contribution is -2.15. The van der Waals surface area contributed by atoms with E-state index < -0.39 is 20.0 Å². The zero-order valence-corrected chi connectivity index (χ0v) is 18.9. The van der Waals surface area contributed by atoms with Gasteiger partial charge in [0.05, 0.1) is 15.5 Å². The van der Waals surface area contributed by atoms with Gasteiger partial charge in [0.2, 0.25) is 0 Å². The molecule has 0 aliphatic rings. The molecule has 0 bridgehead atoms. The number of halogens is 1. The van der Waals surface area contributed by atoms with Gasteiger partial charge in [0.25, 0.3) is 20.0 Å². The monoisotopic (exact) mass is 494 g/mol. The normalized spacial score (nSPS) is 11.8. The van der Waals surface area contributed by atoms with Crippen molar-refractivity contribution in [3.8, 4) is 0 Å². The number of rotatable bonds is 6. The van der Waals surface area contributed by atoms with Crippen LogP contribution in [0.1, 0.15) is 11.1 Å². The quantitative estimate of drug-likeness (QED) is 0.520. The topological polar surface area (TPSA) is 92.3 Å². The van der Waals surface area contributed by atoms with Crippen molar-refractivity contribution in [1.82, 2.24) is 0 Å². The van der Waals surface area contributed by atoms with Gasteiger partial charge < -0.3 is 0 Å². The molecular formula is C20H19BrN2O4S2. The third-order valence-electron chi connectivity index (χ3n) is 4.17. The lowest BCUT2D eigenvalue weighted by Gasteiger charge is -2.12. The van der Waals surface area contributed by atoms with Gasteiger partial charge in [-0.3, -0.25) is 9.44 Å². The van der Waals surface area contributed by atoms with Crippen LogP contribution in [0.15, 0.2) is 81.0 Å². The highest BCUT2D eigenvalue weighted by atomic mass is 79.9. The van der Waals surface area contributed by atoms with Gasteiger partial charge in [-0.2, -0.15) is 0 Å². The van der Waals surface area contributed by atoms with E-state index in [9.17, 15) is 16.8 Å². The van der Waals surface area contributed by atoms with E-state index >= 15 is 0 Å². The number of hydrogen-bond acceptors (Lipinski definition) is 4. The van der Waals surface area contributed by atoms with Crippen LogP contribution in [0.5, 0.6) is 0 Å². The molecular weight excluding hydrogens is 476 g/mol. The fourth-order valence-electron chi connectivity index (χ4n) is 2.66. The Morgan fingerprint density at radius 2 is 1.21 bits per heavy atom. The molecule has 0 aliphatic carbocycles. The molecule has 3 aromatic rings. The lowest BCUT2D eigenvalue weighted by molar-refractivity contribution is 0.600. The van der Waals surface area contributed by atoms with Crippen LogP contribution in [0.2, 0.25) is 0 Å². The van der Waals surface area contributed by atoms with Crippen LogP contribution in [-0.2, 0) is 20.0 Å². The number of sulfonamides is 2. The summed E-state index contributed by atoms with van der Waals surface area (Å²) in [5.41, 5.74) is 2.61. The second-order valence-corrected chi connectivity index (χ2v) is 10.8. The van der Waals surface area contributed by atoms with Crippen molar-refractivity contribution in [3.63, 3.8) is 0 Å². The maximum atomic E-state index is 12.6. The highest BCUT2D eigenvalue weighted by Crippen LogP contribution is 2.23. The van der Waals surface area contributed by atoms with Gasteiger partial charge in [0.15, 0.2) is 0 Å². The maximum Gasteiger partial charge on any atom is 0.261 e. The minimum absolute atomic E-state index is 0.0315. The van der Waals surface area contributed by atoms with Gasteiger partial charge in [-0.1, -0.05) is 33.6 Å². The van der Waals surface area contributed by atoms with E-state index in [1.165, 1.54) is 36.4 Å². The fraction of sp³-hybridized carbons (Fsp3) is 0.100. The number of hydrogen-bond donors (Lipinski definition) is 2. The highest BCUT2D eigenvalue weighted by Gasteiger charge is 2.17. The number of aryl methyl sites for hydroxylation is 2. The molecule has 3 rings (SSSR count). The summed E-state index contributed by atoms with van der Waals surface area (Å²) in [6.45, 7) is 3.75. The summed E-state index contributed by atoms with van der Waals surface area (Å²) in [7, 11) is -7.57. The Kier molecular flexibility index (Phi) is 6.02. The van der Waals surface area contributed by atoms with Gasteiger partial charge in [0.1, 0.15) is 0 Å². The number of benzene rings is 3. The Labute approximate surface area is 179 Å². The van der Waals surface area contributed by atoms with E-state index in [4.69, 9.17) is 0 Å². The first-order chi connectivity index (χ1) is 13.6. The standard InChI is InChI=1S/C20H19BrN2O4S2/c1-14-3-12-20(15(2)13-14)23-29(26,27)19-10-6-17(7-11-19)22-28(24,25)18-8-4-16(21)5-9-18/h3-13,22-23H,1-2H3. The second kappa shape index (κ2) is 8.17. The molecule has 0 unspecified atom stereocenters. The Bertz CT molecular complexity index is 1240. The van der Waals surface area contributed by atoms with Crippen LogP contribution in [0, 0.1) is 13.8 Å². The molecule has 6 nitrogen and oxygen atoms in total. The van der Waals surface area contributed by atoms with Crippen molar-refractivity contribution in [2.24, 2.45) is 0 Å². The Morgan fingerprint density at radius 1 is 0.690 bits per heavy atom. The van der Waals surface area contributed by atoms with Crippen LogP contribution in [0.4, 0.5) is 11.4 Å². The van der Waals surface area contributed by atoms with Gasteiger partial charge in [0, 0.05) is 10.2 Å². The summed E-state index contributed by atoms with van der Waals surface area (Å²) in [4.78, 5) is 0.137. The van der Waals surface area contributed by atoms with E-state index in [-0.39, 0.29) is 15.5 Å². The number of nitrogens with one attached hydrogen (secondary N) is 2. The van der Waals surface area contributed by atoms with E-state index in [0.29, 0.717) is 5.69 Å². The summed E-state index contributed by atoms with van der Waals surface area (Å²) in [5, 5.41) is 0. The van der Waals surface area contributed by atoms with Gasteiger partial charge in [-0.15, -0.1) is 0 Å². The van der Waals surface area contributed by atoms with Crippen molar-refractivity contribution in [2.75, 3.05) is 9.44 Å². The first kappa shape index (κ1) is 21.4. The lowest BCUT2D eigenvalue weighted by atomic mass is 10.1. The molecule has 3 aromatic carbocycles. The van der Waals surface area contributed by atoms with E-state index in [1.54, 1.807) is 18.2 Å². The fourth-order valence-corrected chi connectivity index (χ4v) is 5.12. The maximum absolute atomic E-state index is 12.6. The van der Waals surface area contributed by atoms with Crippen molar-refractivity contribution >= 4 is 47.4 Å². The average Bonchev–Trinajstić information content (AvgIpc) is 2.64. The van der Waals surface area contributed by atoms with Gasteiger partial charge >= 0.3 is 0 Å². The second-order valence-electron chi connectivity index (χ2n) is 6.51. The van der Waals surface area contributed by atoms with Crippen LogP contribution in [0.25, 0.3) is 0 Å². The first-order valence-electron chi connectivity index (χ1n) is 8.55. The molecule has 0 atom stereocenters. The zero-order chi connectivity index (χ0) is 21.2. The van der Waals surface area contributed by atoms with Crippen LogP contribution >= 0.6 is 15.9 Å². The molecule has 0 aliphatic heterocycles. The average molecular weight is 495 g/mol. The third-order valence-corrected chi connectivity index (χ3v) is 7.47. The molecule has 0 fully saturated rings. The summed E-state index contributed by atoms with van der Waals surface area (Å²) >= 11 is 3.26. The third kappa shape index (κ3) is 5.17. The molecule has 0 amide bonds. The summed E-state index contributed by atoms with van der Waals surface area (Å²) in [6.07, 6.45) is 0. The highest BCUT2D eigenvalue weighted by molar-refractivity contribution is 9.10. The van der Waals surface area contributed by atoms with Crippen LogP contribution in [0.3, 0.4) is 0 Å². The Hall–Kier alpha value is -2.36. The zero-order valence-electron chi connectivity index (χ0n) is 15.7. The van der Waals surface area contributed by atoms with E-state index in [2.05, 4.69) is 25.4 Å². The molecule has 9 heteroatoms. The minimum Gasteiger partial charge on any atom is -0.280 e. The molecule has 0 aromatic heterocycles. The first-order valence-corrected chi connectivity index (χ1v) is 12.3. The van der Waals surface area contributed by atoms with E-state index in [0.717, 1.165) is 15.6 Å². The largest absolute Gasteiger partial charge is 0.280 e. The van der Waals surface area contributed by atoms with Crippen molar-refractivity contribution in [3.05, 3.63) is 82.3 Å². The molecule has 0 saturated heterocycles. The van der Waals surface area contributed by atoms with E-state index in [1.807, 2.05) is 26.0 Å². The molecule has 0 spiro atoms. The summed E-state index contributed by atoms with van der Waals surface area (Å²) in [5.74, 6) is 0. The van der Waals surface area contributed by atoms with Crippen LogP contribution < -0.4 is 9.44 Å². The summed E-state index contributed by atoms with van der Waals surface area (Å²) < 4.78 is 55.9. The Balaban J connectivity index is 1.79.